The Balaban J connectivity index is 1.23. The highest BCUT2D eigenvalue weighted by Gasteiger charge is 2.36. The number of morpholine rings is 1. The van der Waals surface area contributed by atoms with E-state index in [1.807, 2.05) is 10.6 Å². The van der Waals surface area contributed by atoms with Gasteiger partial charge in [0.15, 0.2) is 0 Å². The summed E-state index contributed by atoms with van der Waals surface area (Å²) >= 11 is 0. The average molecular weight is 495 g/mol. The minimum Gasteiger partial charge on any atom is -0.379 e. The van der Waals surface area contributed by atoms with Gasteiger partial charge in [-0.2, -0.15) is 15.0 Å². The van der Waals surface area contributed by atoms with Crippen LogP contribution in [-0.2, 0) is 11.3 Å². The lowest BCUT2D eigenvalue weighted by atomic mass is 9.83. The summed E-state index contributed by atoms with van der Waals surface area (Å²) in [6.07, 6.45) is 3.45. The minimum atomic E-state index is 0.115. The number of piperidine rings is 2. The van der Waals surface area contributed by atoms with Crippen LogP contribution in [0.1, 0.15) is 37.8 Å². The number of pyridine rings is 1. The predicted octanol–water partition coefficient (Wildman–Crippen LogP) is 1.64. The van der Waals surface area contributed by atoms with Crippen LogP contribution >= 0.6 is 0 Å². The third kappa shape index (κ3) is 5.06. The van der Waals surface area contributed by atoms with Gasteiger partial charge in [0.2, 0.25) is 17.8 Å². The first-order valence-corrected chi connectivity index (χ1v) is 13.6. The first-order chi connectivity index (χ1) is 17.6. The van der Waals surface area contributed by atoms with Crippen molar-refractivity contribution in [2.24, 2.45) is 11.8 Å². The highest BCUT2D eigenvalue weighted by Crippen LogP contribution is 2.36. The number of nitrogens with one attached hydrogen (secondary N) is 1. The zero-order valence-corrected chi connectivity index (χ0v) is 21.3. The number of aromatic nitrogens is 4. The molecule has 2 aromatic heterocycles. The van der Waals surface area contributed by atoms with Crippen LogP contribution in [0.5, 0.6) is 0 Å². The van der Waals surface area contributed by atoms with Gasteiger partial charge in [-0.25, -0.2) is 0 Å². The Morgan fingerprint density at radius 3 is 2.56 bits per heavy atom. The van der Waals surface area contributed by atoms with Gasteiger partial charge in [0.25, 0.3) is 5.56 Å². The van der Waals surface area contributed by atoms with Crippen molar-refractivity contribution in [3.8, 4) is 0 Å². The SMILES string of the molecule is CC1CCN(c2nc(NCCN3CCOCC3)nc(N3C[C@H]4C[C@@H](C3)c3cccc(=O)n3C4)n2)CC1. The summed E-state index contributed by atoms with van der Waals surface area (Å²) in [6.45, 7) is 12.1. The van der Waals surface area contributed by atoms with Gasteiger partial charge in [0, 0.05) is 76.6 Å². The van der Waals surface area contributed by atoms with Gasteiger partial charge < -0.3 is 24.4 Å². The molecule has 6 heterocycles. The second-order valence-corrected chi connectivity index (χ2v) is 10.9. The van der Waals surface area contributed by atoms with Crippen LogP contribution in [0.15, 0.2) is 23.0 Å². The molecule has 36 heavy (non-hydrogen) atoms. The van der Waals surface area contributed by atoms with Crippen molar-refractivity contribution in [3.63, 3.8) is 0 Å². The summed E-state index contributed by atoms with van der Waals surface area (Å²) in [4.78, 5) is 34.3. The molecular weight excluding hydrogens is 456 g/mol. The van der Waals surface area contributed by atoms with E-state index in [2.05, 4.69) is 33.0 Å². The lowest BCUT2D eigenvalue weighted by Gasteiger charge is -2.43. The van der Waals surface area contributed by atoms with Crippen LogP contribution in [0.4, 0.5) is 17.8 Å². The first-order valence-electron chi connectivity index (χ1n) is 13.6. The molecule has 0 amide bonds. The summed E-state index contributed by atoms with van der Waals surface area (Å²) < 4.78 is 7.45. The molecule has 1 N–H and O–H groups in total. The molecule has 4 aliphatic rings. The minimum absolute atomic E-state index is 0.115. The fourth-order valence-corrected chi connectivity index (χ4v) is 6.13. The summed E-state index contributed by atoms with van der Waals surface area (Å²) in [5.41, 5.74) is 1.26. The molecule has 0 unspecified atom stereocenters. The maximum absolute atomic E-state index is 12.4. The summed E-state index contributed by atoms with van der Waals surface area (Å²) in [5, 5.41) is 3.49. The number of nitrogens with zero attached hydrogens (tertiary/aromatic N) is 7. The number of hydrogen-bond acceptors (Lipinski definition) is 9. The van der Waals surface area contributed by atoms with E-state index in [0.717, 1.165) is 102 Å². The zero-order valence-electron chi connectivity index (χ0n) is 21.3. The zero-order chi connectivity index (χ0) is 24.5. The topological polar surface area (TPSA) is 91.7 Å². The van der Waals surface area contributed by atoms with E-state index >= 15 is 0 Å². The van der Waals surface area contributed by atoms with Gasteiger partial charge in [0.1, 0.15) is 0 Å². The molecule has 6 rings (SSSR count). The highest BCUT2D eigenvalue weighted by molar-refractivity contribution is 5.46. The molecule has 10 nitrogen and oxygen atoms in total. The van der Waals surface area contributed by atoms with Gasteiger partial charge in [0.05, 0.1) is 13.2 Å². The standard InChI is InChI=1S/C26H38N8O2/c1-19-5-8-32(9-6-19)25-28-24(27-7-10-31-11-13-36-14-12-31)29-26(30-25)33-16-20-15-21(18-33)22-3-2-4-23(35)34(22)17-20/h2-4,19-21H,5-18H2,1H3,(H,27,28,29,30)/t20-,21+/m1/s1. The van der Waals surface area contributed by atoms with Crippen LogP contribution in [0, 0.1) is 11.8 Å². The van der Waals surface area contributed by atoms with Crippen LogP contribution in [0.2, 0.25) is 0 Å². The van der Waals surface area contributed by atoms with Gasteiger partial charge in [-0.1, -0.05) is 13.0 Å². The number of hydrogen-bond donors (Lipinski definition) is 1. The Morgan fingerprint density at radius 1 is 0.972 bits per heavy atom. The largest absolute Gasteiger partial charge is 0.379 e. The van der Waals surface area contributed by atoms with Crippen LogP contribution < -0.4 is 20.7 Å². The number of rotatable bonds is 6. The quantitative estimate of drug-likeness (QED) is 0.643. The molecule has 0 spiro atoms. The van der Waals surface area contributed by atoms with Crippen molar-refractivity contribution < 1.29 is 4.74 Å². The predicted molar refractivity (Wildman–Crippen MR) is 140 cm³/mol. The summed E-state index contributed by atoms with van der Waals surface area (Å²) in [6, 6.07) is 5.68. The van der Waals surface area contributed by atoms with Crippen molar-refractivity contribution in [1.82, 2.24) is 24.4 Å². The van der Waals surface area contributed by atoms with E-state index in [-0.39, 0.29) is 5.56 Å². The molecule has 2 atom stereocenters. The van der Waals surface area contributed by atoms with Gasteiger partial charge in [-0.05, 0) is 37.2 Å². The maximum Gasteiger partial charge on any atom is 0.250 e. The van der Waals surface area contributed by atoms with Crippen LogP contribution in [-0.4, -0.2) is 90.0 Å². The van der Waals surface area contributed by atoms with Crippen molar-refractivity contribution in [2.75, 3.05) is 80.7 Å². The Hall–Kier alpha value is -2.72. The normalized spacial score (nSPS) is 25.0. The van der Waals surface area contributed by atoms with Gasteiger partial charge in [-0.3, -0.25) is 9.69 Å². The first kappa shape index (κ1) is 23.7. The Bertz CT molecular complexity index is 1110. The third-order valence-corrected chi connectivity index (χ3v) is 8.26. The monoisotopic (exact) mass is 494 g/mol. The lowest BCUT2D eigenvalue weighted by molar-refractivity contribution is 0.0398. The molecule has 0 radical (unpaired) electrons. The van der Waals surface area contributed by atoms with Crippen LogP contribution in [0.3, 0.4) is 0 Å². The smallest absolute Gasteiger partial charge is 0.250 e. The molecule has 194 valence electrons. The van der Waals surface area contributed by atoms with E-state index in [4.69, 9.17) is 19.7 Å². The average Bonchev–Trinajstić information content (AvgIpc) is 2.90. The molecule has 0 aromatic carbocycles. The molecule has 10 heteroatoms. The van der Waals surface area contributed by atoms with Crippen LogP contribution in [0.25, 0.3) is 0 Å². The summed E-state index contributed by atoms with van der Waals surface area (Å²) in [5.74, 6) is 3.69. The Kier molecular flexibility index (Phi) is 6.79. The van der Waals surface area contributed by atoms with Crippen molar-refractivity contribution >= 4 is 17.8 Å². The second kappa shape index (κ2) is 10.3. The highest BCUT2D eigenvalue weighted by atomic mass is 16.5. The third-order valence-electron chi connectivity index (χ3n) is 8.26. The molecular formula is C26H38N8O2. The molecule has 0 aliphatic carbocycles. The number of anilines is 3. The summed E-state index contributed by atoms with van der Waals surface area (Å²) in [7, 11) is 0. The van der Waals surface area contributed by atoms with E-state index in [0.29, 0.717) is 17.8 Å². The molecule has 3 fully saturated rings. The van der Waals surface area contributed by atoms with Gasteiger partial charge >= 0.3 is 0 Å². The number of ether oxygens (including phenoxy) is 1. The fraction of sp³-hybridized carbons (Fsp3) is 0.692. The van der Waals surface area contributed by atoms with E-state index < -0.39 is 0 Å². The van der Waals surface area contributed by atoms with Crippen molar-refractivity contribution in [1.29, 1.82) is 0 Å². The van der Waals surface area contributed by atoms with Gasteiger partial charge in [-0.15, -0.1) is 0 Å². The maximum atomic E-state index is 12.4. The van der Waals surface area contributed by atoms with E-state index in [9.17, 15) is 4.79 Å². The molecule has 3 saturated heterocycles. The molecule has 2 aromatic rings. The Labute approximate surface area is 212 Å². The molecule has 0 saturated carbocycles. The van der Waals surface area contributed by atoms with E-state index in [1.165, 1.54) is 12.8 Å². The lowest BCUT2D eigenvalue weighted by Crippen LogP contribution is -2.48. The Morgan fingerprint density at radius 2 is 1.75 bits per heavy atom. The second-order valence-electron chi connectivity index (χ2n) is 10.9. The molecule has 2 bridgehead atoms. The van der Waals surface area contributed by atoms with Crippen molar-refractivity contribution in [2.45, 2.75) is 38.6 Å². The number of fused-ring (bicyclic) bond motifs is 4. The molecule has 4 aliphatic heterocycles. The van der Waals surface area contributed by atoms with E-state index in [1.54, 1.807) is 6.07 Å². The fourth-order valence-electron chi connectivity index (χ4n) is 6.13. The van der Waals surface area contributed by atoms with Crippen molar-refractivity contribution in [3.05, 3.63) is 34.2 Å².